The van der Waals surface area contributed by atoms with E-state index in [0.29, 0.717) is 5.56 Å². The number of fused-ring (bicyclic) bond motifs is 1. The van der Waals surface area contributed by atoms with Crippen LogP contribution < -0.4 is 5.32 Å². The molecule has 0 atom stereocenters. The predicted octanol–water partition coefficient (Wildman–Crippen LogP) is 5.21. The number of nitrogens with one attached hydrogen (secondary N) is 2. The number of H-pyrrole nitrogens is 1. The molecule has 0 radical (unpaired) electrons. The molecule has 0 spiro atoms. The Morgan fingerprint density at radius 3 is 2.24 bits per heavy atom. The highest BCUT2D eigenvalue weighted by molar-refractivity contribution is 6.00. The fraction of sp³-hybridized carbons (Fsp3) is 0.739. The Bertz CT molecular complexity index is 870. The molecule has 2 N–H and O–H groups in total. The molecule has 1 amide bonds. The van der Waals surface area contributed by atoms with Crippen molar-refractivity contribution in [3.05, 3.63) is 17.5 Å². The molecule has 2 aromatic rings. The van der Waals surface area contributed by atoms with Crippen molar-refractivity contribution in [3.8, 4) is 0 Å². The summed E-state index contributed by atoms with van der Waals surface area (Å²) >= 11 is 0. The van der Waals surface area contributed by atoms with Crippen molar-refractivity contribution in [1.82, 2.24) is 19.5 Å². The summed E-state index contributed by atoms with van der Waals surface area (Å²) < 4.78 is 1.96. The largest absolute Gasteiger partial charge is 0.364 e. The Morgan fingerprint density at radius 2 is 1.69 bits per heavy atom. The number of carbonyl (C=O) groups is 1. The van der Waals surface area contributed by atoms with Crippen LogP contribution in [0.5, 0.6) is 0 Å². The quantitative estimate of drug-likeness (QED) is 0.739. The summed E-state index contributed by atoms with van der Waals surface area (Å²) in [5.74, 6) is 1.04. The summed E-state index contributed by atoms with van der Waals surface area (Å²) in [6, 6.07) is 0. The lowest BCUT2D eigenvalue weighted by atomic mass is 9.81. The highest BCUT2D eigenvalue weighted by Crippen LogP contribution is 2.35. The highest BCUT2D eigenvalue weighted by atomic mass is 16.2. The molecule has 6 nitrogen and oxygen atoms in total. The third kappa shape index (κ3) is 4.78. The van der Waals surface area contributed by atoms with E-state index in [-0.39, 0.29) is 22.3 Å². The molecule has 0 unspecified atom stereocenters. The molecule has 29 heavy (non-hydrogen) atoms. The molecular weight excluding hydrogens is 362 g/mol. The Labute approximate surface area is 175 Å². The number of piperidine rings is 1. The summed E-state index contributed by atoms with van der Waals surface area (Å²) in [7, 11) is 0. The van der Waals surface area contributed by atoms with Crippen molar-refractivity contribution in [2.45, 2.75) is 92.0 Å². The van der Waals surface area contributed by atoms with E-state index in [0.717, 1.165) is 49.5 Å². The monoisotopic (exact) mass is 401 g/mol. The van der Waals surface area contributed by atoms with Crippen LogP contribution in [-0.2, 0) is 5.41 Å². The number of hydrogen-bond donors (Lipinski definition) is 2. The normalized spacial score (nSPS) is 16.5. The maximum absolute atomic E-state index is 13.2. The number of nitrogens with zero attached hydrogens (tertiary/aromatic N) is 3. The molecule has 3 heterocycles. The lowest BCUT2D eigenvalue weighted by Gasteiger charge is -2.34. The molecule has 1 aliphatic rings. The second-order valence-corrected chi connectivity index (χ2v) is 11.5. The summed E-state index contributed by atoms with van der Waals surface area (Å²) in [5.41, 5.74) is 2.32. The Balaban J connectivity index is 2.02. The Morgan fingerprint density at radius 1 is 1.07 bits per heavy atom. The third-order valence-corrected chi connectivity index (χ3v) is 5.47. The molecule has 0 bridgehead atoms. The molecule has 1 fully saturated rings. The van der Waals surface area contributed by atoms with Crippen LogP contribution in [0.4, 0.5) is 5.82 Å². The van der Waals surface area contributed by atoms with E-state index in [9.17, 15) is 4.79 Å². The zero-order valence-corrected chi connectivity index (χ0v) is 19.6. The highest BCUT2D eigenvalue weighted by Gasteiger charge is 2.33. The Hall–Kier alpha value is -1.98. The van der Waals surface area contributed by atoms with Crippen LogP contribution in [0.25, 0.3) is 5.65 Å². The summed E-state index contributed by atoms with van der Waals surface area (Å²) in [6.07, 6.45) is 6.20. The molecule has 162 valence electrons. The first-order valence-electron chi connectivity index (χ1n) is 11.0. The van der Waals surface area contributed by atoms with Gasteiger partial charge in [-0.1, -0.05) is 41.5 Å². The van der Waals surface area contributed by atoms with Crippen LogP contribution in [0, 0.1) is 5.41 Å². The van der Waals surface area contributed by atoms with Gasteiger partial charge in [-0.05, 0) is 44.9 Å². The van der Waals surface area contributed by atoms with Crippen LogP contribution in [0.3, 0.4) is 0 Å². The minimum atomic E-state index is -0.140. The second-order valence-electron chi connectivity index (χ2n) is 11.5. The van der Waals surface area contributed by atoms with Gasteiger partial charge in [-0.25, -0.2) is 9.50 Å². The number of imidazole rings is 1. The van der Waals surface area contributed by atoms with Crippen molar-refractivity contribution in [2.24, 2.45) is 5.41 Å². The van der Waals surface area contributed by atoms with Gasteiger partial charge in [-0.2, -0.15) is 0 Å². The number of likely N-dealkylation sites (tertiary alicyclic amines) is 1. The number of aromatic amines is 1. The molecule has 0 saturated carbocycles. The van der Waals surface area contributed by atoms with Gasteiger partial charge in [-0.15, -0.1) is 0 Å². The lowest BCUT2D eigenvalue weighted by Crippen LogP contribution is -2.36. The van der Waals surface area contributed by atoms with Crippen molar-refractivity contribution < 1.29 is 4.79 Å². The van der Waals surface area contributed by atoms with Crippen LogP contribution >= 0.6 is 0 Å². The van der Waals surface area contributed by atoms with Gasteiger partial charge >= 0.3 is 0 Å². The van der Waals surface area contributed by atoms with Crippen LogP contribution in [-0.4, -0.2) is 44.0 Å². The van der Waals surface area contributed by atoms with Crippen LogP contribution in [0.1, 0.15) is 97.1 Å². The van der Waals surface area contributed by atoms with Crippen molar-refractivity contribution in [2.75, 3.05) is 18.4 Å². The van der Waals surface area contributed by atoms with E-state index < -0.39 is 0 Å². The summed E-state index contributed by atoms with van der Waals surface area (Å²) in [5, 5.41) is 7.05. The smallest absolute Gasteiger partial charge is 0.259 e. The predicted molar refractivity (Wildman–Crippen MR) is 120 cm³/mol. The molecular formula is C23H39N5O. The minimum absolute atomic E-state index is 0.0851. The van der Waals surface area contributed by atoms with Gasteiger partial charge in [0, 0.05) is 30.2 Å². The first-order chi connectivity index (χ1) is 13.3. The summed E-state index contributed by atoms with van der Waals surface area (Å²) in [6.45, 7) is 19.4. The van der Waals surface area contributed by atoms with Crippen molar-refractivity contribution in [3.63, 3.8) is 0 Å². The average Bonchev–Trinajstić information content (AvgIpc) is 3.12. The fourth-order valence-corrected chi connectivity index (χ4v) is 4.67. The first kappa shape index (κ1) is 21.7. The van der Waals surface area contributed by atoms with Crippen molar-refractivity contribution in [1.29, 1.82) is 0 Å². The number of hydrogen-bond acceptors (Lipinski definition) is 3. The van der Waals surface area contributed by atoms with E-state index in [1.165, 1.54) is 6.42 Å². The molecule has 1 aliphatic heterocycles. The number of anilines is 1. The molecule has 2 aromatic heterocycles. The van der Waals surface area contributed by atoms with Gasteiger partial charge in [0.2, 0.25) is 0 Å². The summed E-state index contributed by atoms with van der Waals surface area (Å²) in [4.78, 5) is 20.1. The third-order valence-electron chi connectivity index (χ3n) is 5.47. The van der Waals surface area contributed by atoms with Crippen LogP contribution in [0.2, 0.25) is 0 Å². The Kier molecular flexibility index (Phi) is 5.52. The van der Waals surface area contributed by atoms with Gasteiger partial charge in [0.1, 0.15) is 5.56 Å². The lowest BCUT2D eigenvalue weighted by molar-refractivity contribution is 0.0726. The maximum Gasteiger partial charge on any atom is 0.259 e. The molecule has 6 heteroatoms. The maximum atomic E-state index is 13.2. The van der Waals surface area contributed by atoms with E-state index >= 15 is 0 Å². The molecule has 0 aliphatic carbocycles. The topological polar surface area (TPSA) is 65.4 Å². The number of rotatable bonds is 4. The standard InChI is InChI=1S/C23H39N5O/c1-21(2,3)15-23(7,8)26-19-17(22(4,5)6)25-18-16(14-24-28(18)19)20(29)27-12-10-9-11-13-27/h14,24,26H,9-13,15H2,1-8H3. The van der Waals surface area contributed by atoms with E-state index in [4.69, 9.17) is 4.98 Å². The first-order valence-corrected chi connectivity index (χ1v) is 11.0. The zero-order valence-electron chi connectivity index (χ0n) is 19.6. The van der Waals surface area contributed by atoms with Gasteiger partial charge in [0.05, 0.1) is 5.69 Å². The van der Waals surface area contributed by atoms with Gasteiger partial charge in [0.15, 0.2) is 11.5 Å². The zero-order chi connectivity index (χ0) is 21.6. The SMILES string of the molecule is CC(C)(C)CC(C)(C)Nc1c(C(C)(C)C)nc2c(C(=O)N3CCCCC3)c[nH]n12. The molecule has 0 aromatic carbocycles. The minimum Gasteiger partial charge on any atom is -0.364 e. The van der Waals surface area contributed by atoms with E-state index in [1.54, 1.807) is 0 Å². The molecule has 3 rings (SSSR count). The molecule has 1 saturated heterocycles. The average molecular weight is 402 g/mol. The second kappa shape index (κ2) is 7.37. The number of carbonyl (C=O) groups excluding carboxylic acids is 1. The van der Waals surface area contributed by atoms with Gasteiger partial charge in [-0.3, -0.25) is 9.89 Å². The van der Waals surface area contributed by atoms with Crippen LogP contribution in [0.15, 0.2) is 6.20 Å². The van der Waals surface area contributed by atoms with Crippen molar-refractivity contribution >= 4 is 17.4 Å². The number of aromatic nitrogens is 3. The van der Waals surface area contributed by atoms with Gasteiger partial charge < -0.3 is 10.2 Å². The van der Waals surface area contributed by atoms with Gasteiger partial charge in [0.25, 0.3) is 5.91 Å². The fourth-order valence-electron chi connectivity index (χ4n) is 4.67. The van der Waals surface area contributed by atoms with E-state index in [2.05, 4.69) is 65.8 Å². The van der Waals surface area contributed by atoms with E-state index in [1.807, 2.05) is 15.6 Å². The number of amides is 1.